The average Bonchev–Trinajstić information content (AvgIpc) is 3.60. The second-order valence-corrected chi connectivity index (χ2v) is 17.5. The van der Waals surface area contributed by atoms with E-state index < -0.39 is 81.5 Å². The van der Waals surface area contributed by atoms with E-state index in [0.29, 0.717) is 49.2 Å². The number of anilines is 1. The zero-order valence-electron chi connectivity index (χ0n) is 32.8. The molecule has 1 aliphatic carbocycles. The third-order valence-corrected chi connectivity index (χ3v) is 13.1. The normalized spacial score (nSPS) is 28.8. The van der Waals surface area contributed by atoms with Gasteiger partial charge in [-0.2, -0.15) is 0 Å². The Kier molecular flexibility index (Phi) is 12.7. The first-order valence-corrected chi connectivity index (χ1v) is 21.8. The van der Waals surface area contributed by atoms with Crippen LogP contribution in [0.3, 0.4) is 0 Å². The summed E-state index contributed by atoms with van der Waals surface area (Å²) in [6.07, 6.45) is 3.18. The van der Waals surface area contributed by atoms with Gasteiger partial charge in [-0.1, -0.05) is 56.0 Å². The van der Waals surface area contributed by atoms with E-state index in [-0.39, 0.29) is 50.4 Å². The predicted molar refractivity (Wildman–Crippen MR) is 210 cm³/mol. The molecular formula is C41H51FN6O10S. The minimum Gasteiger partial charge on any atom is -0.444 e. The van der Waals surface area contributed by atoms with E-state index in [0.717, 1.165) is 25.7 Å². The quantitative estimate of drug-likeness (QED) is 0.326. The lowest BCUT2D eigenvalue weighted by Crippen LogP contribution is -2.56. The summed E-state index contributed by atoms with van der Waals surface area (Å²) in [5, 5.41) is 8.76. The summed E-state index contributed by atoms with van der Waals surface area (Å²) in [7, 11) is -4.42. The molecule has 7 rings (SSSR count). The molecule has 2 unspecified atom stereocenters. The number of halogens is 1. The molecule has 1 saturated carbocycles. The van der Waals surface area contributed by atoms with Gasteiger partial charge >= 0.3 is 12.2 Å². The van der Waals surface area contributed by atoms with Crippen LogP contribution in [0.5, 0.6) is 0 Å². The van der Waals surface area contributed by atoms with Crippen LogP contribution < -0.4 is 20.7 Å². The van der Waals surface area contributed by atoms with Gasteiger partial charge in [-0.15, -0.1) is 6.58 Å². The highest BCUT2D eigenvalue weighted by atomic mass is 32.2. The van der Waals surface area contributed by atoms with Crippen molar-refractivity contribution in [2.45, 2.75) is 112 Å². The Balaban J connectivity index is 1.14. The monoisotopic (exact) mass is 838 g/mol. The van der Waals surface area contributed by atoms with Crippen LogP contribution >= 0.6 is 0 Å². The maximum Gasteiger partial charge on any atom is 0.410 e. The van der Waals surface area contributed by atoms with E-state index in [1.807, 2.05) is 0 Å². The molecule has 5 amide bonds. The highest BCUT2D eigenvalue weighted by molar-refractivity contribution is 7.90. The zero-order valence-corrected chi connectivity index (χ0v) is 33.6. The highest BCUT2D eigenvalue weighted by Gasteiger charge is 2.61. The summed E-state index contributed by atoms with van der Waals surface area (Å²) in [5.74, 6) is -3.31. The van der Waals surface area contributed by atoms with Gasteiger partial charge in [0, 0.05) is 49.9 Å². The van der Waals surface area contributed by atoms with Crippen LogP contribution in [0.25, 0.3) is 0 Å². The fraction of sp³-hybridized carbons (Fsp3) is 0.537. The topological polar surface area (TPSA) is 202 Å². The van der Waals surface area contributed by atoms with Gasteiger partial charge in [0.2, 0.25) is 11.8 Å². The minimum atomic E-state index is -4.42. The largest absolute Gasteiger partial charge is 0.444 e. The summed E-state index contributed by atoms with van der Waals surface area (Å²) in [4.78, 5) is 71.5. The van der Waals surface area contributed by atoms with E-state index in [9.17, 15) is 36.8 Å². The summed E-state index contributed by atoms with van der Waals surface area (Å²) in [6, 6.07) is 8.93. The number of nitrogens with one attached hydrogen (secondary N) is 4. The molecule has 4 N–H and O–H groups in total. The van der Waals surface area contributed by atoms with E-state index in [2.05, 4.69) is 27.3 Å². The molecule has 16 nitrogen and oxygen atoms in total. The number of alkyl carbamates (subject to hydrolysis) is 1. The molecule has 1 spiro atoms. The number of ether oxygens (including phenoxy) is 3. The van der Waals surface area contributed by atoms with Gasteiger partial charge in [0.05, 0.1) is 32.0 Å². The summed E-state index contributed by atoms with van der Waals surface area (Å²) in [6.45, 7) is 4.93. The first-order valence-electron chi connectivity index (χ1n) is 20.3. The molecule has 18 heteroatoms. The Morgan fingerprint density at radius 3 is 2.54 bits per heavy atom. The van der Waals surface area contributed by atoms with Gasteiger partial charge in [0.15, 0.2) is 0 Å². The number of rotatable bonds is 4. The third-order valence-electron chi connectivity index (χ3n) is 11.7. The van der Waals surface area contributed by atoms with Crippen LogP contribution in [-0.4, -0.2) is 104 Å². The first-order chi connectivity index (χ1) is 28.4. The van der Waals surface area contributed by atoms with Gasteiger partial charge in [0.25, 0.3) is 15.9 Å². The van der Waals surface area contributed by atoms with Gasteiger partial charge in [-0.25, -0.2) is 27.1 Å². The van der Waals surface area contributed by atoms with Crippen molar-refractivity contribution in [3.8, 4) is 0 Å². The number of nitrogens with zero attached hydrogens (tertiary/aromatic N) is 2. The Morgan fingerprint density at radius 1 is 0.983 bits per heavy atom. The predicted octanol–water partition coefficient (Wildman–Crippen LogP) is 3.85. The van der Waals surface area contributed by atoms with Gasteiger partial charge in [-0.3, -0.25) is 19.3 Å². The number of amides is 5. The molecule has 0 radical (unpaired) electrons. The zero-order chi connectivity index (χ0) is 41.7. The smallest absolute Gasteiger partial charge is 0.410 e. The number of sulfonamides is 1. The lowest BCUT2D eigenvalue weighted by Gasteiger charge is -2.28. The average molecular weight is 839 g/mol. The van der Waals surface area contributed by atoms with Crippen molar-refractivity contribution in [1.29, 1.82) is 0 Å². The molecule has 6 atom stereocenters. The molecule has 318 valence electrons. The standard InChI is InChI=1S/C41H51FN6O10S/c1-2-27-21-41(27)38(51)46-59(54,55)35-15-8-7-14-33(35)43-17-9-5-3-4-6-12-28(44-39(52)57-29-16-18-56-25-29)19-36(49)48-23-30(20-34(48)37(50)45-41)58-40(53)47-22-26-11-10-13-32(42)31(26)24-47/h2,7-8,10-11,13-15,27-30,34,43H,1,3-6,9,12,16-25H2,(H,44,52)(H,45,50)(H,46,51)/t27-,28?,29?,30+,34-,41-/m0/s1. The maximum atomic E-state index is 14.5. The van der Waals surface area contributed by atoms with Crippen molar-refractivity contribution in [3.05, 3.63) is 72.1 Å². The highest BCUT2D eigenvalue weighted by Crippen LogP contribution is 2.45. The fourth-order valence-electron chi connectivity index (χ4n) is 8.37. The number of hydrogen-bond acceptors (Lipinski definition) is 11. The number of para-hydroxylation sites is 1. The van der Waals surface area contributed by atoms with Crippen molar-refractivity contribution in [2.75, 3.05) is 31.6 Å². The van der Waals surface area contributed by atoms with Crippen molar-refractivity contribution in [3.63, 3.8) is 0 Å². The molecular weight excluding hydrogens is 788 g/mol. The van der Waals surface area contributed by atoms with Crippen LogP contribution in [0, 0.1) is 11.7 Å². The molecule has 5 aliphatic rings. The van der Waals surface area contributed by atoms with E-state index in [1.54, 1.807) is 30.3 Å². The maximum absolute atomic E-state index is 14.5. The lowest BCUT2D eigenvalue weighted by atomic mass is 10.0. The van der Waals surface area contributed by atoms with E-state index in [4.69, 9.17) is 14.2 Å². The van der Waals surface area contributed by atoms with Crippen molar-refractivity contribution < 1.29 is 51.0 Å². The van der Waals surface area contributed by atoms with Crippen LogP contribution in [0.4, 0.5) is 19.7 Å². The third kappa shape index (κ3) is 9.64. The number of benzene rings is 2. The van der Waals surface area contributed by atoms with Crippen molar-refractivity contribution >= 4 is 45.6 Å². The van der Waals surface area contributed by atoms with Gasteiger partial charge < -0.3 is 35.1 Å². The Labute approximate surface area is 342 Å². The molecule has 0 bridgehead atoms. The van der Waals surface area contributed by atoms with Crippen molar-refractivity contribution in [2.24, 2.45) is 5.92 Å². The number of hydrogen-bond donors (Lipinski definition) is 4. The summed E-state index contributed by atoms with van der Waals surface area (Å²) in [5.41, 5.74) is -0.351. The molecule has 4 heterocycles. The van der Waals surface area contributed by atoms with Crippen LogP contribution in [0.15, 0.2) is 60.0 Å². The second-order valence-electron chi connectivity index (χ2n) is 15.9. The van der Waals surface area contributed by atoms with Crippen LogP contribution in [0.2, 0.25) is 0 Å². The van der Waals surface area contributed by atoms with Gasteiger partial charge in [0.1, 0.15) is 34.5 Å². The molecule has 0 aromatic heterocycles. The number of carbonyl (C=O) groups is 5. The molecule has 2 aromatic rings. The Hall–Kier alpha value is -5.23. The summed E-state index contributed by atoms with van der Waals surface area (Å²) < 4.78 is 60.8. The van der Waals surface area contributed by atoms with Crippen LogP contribution in [-0.2, 0) is 51.7 Å². The van der Waals surface area contributed by atoms with Crippen molar-refractivity contribution in [1.82, 2.24) is 25.2 Å². The Morgan fingerprint density at radius 2 is 1.78 bits per heavy atom. The molecule has 59 heavy (non-hydrogen) atoms. The molecule has 2 saturated heterocycles. The molecule has 4 aliphatic heterocycles. The van der Waals surface area contributed by atoms with Gasteiger partial charge in [-0.05, 0) is 43.0 Å². The molecule has 2 aromatic carbocycles. The molecule has 3 fully saturated rings. The number of fused-ring (bicyclic) bond motifs is 3. The Bertz CT molecular complexity index is 2060. The van der Waals surface area contributed by atoms with Crippen LogP contribution in [0.1, 0.15) is 75.3 Å². The van der Waals surface area contributed by atoms with E-state index >= 15 is 0 Å². The lowest BCUT2D eigenvalue weighted by molar-refractivity contribution is -0.140. The SMILES string of the molecule is C=C[C@H]1C[C@]12NC(=O)[C@@H]1C[C@@H](OC(=O)N3Cc4cccc(F)c4C3)CN1C(=O)CC(NC(=O)OC1CCOC1)CCCCCCCNc1ccccc1S(=O)(=O)NC2=O. The fourth-order valence-corrected chi connectivity index (χ4v) is 9.59. The number of carbonyl (C=O) groups excluding carboxylic acids is 5. The first kappa shape index (κ1) is 41.9. The second kappa shape index (κ2) is 17.9. The minimum absolute atomic E-state index is 0.0133. The van der Waals surface area contributed by atoms with E-state index in [1.165, 1.54) is 28.0 Å². The summed E-state index contributed by atoms with van der Waals surface area (Å²) >= 11 is 0.